The first-order valence-electron chi connectivity index (χ1n) is 6.95. The van der Waals surface area contributed by atoms with Crippen LogP contribution in [0.25, 0.3) is 0 Å². The first-order valence-corrected chi connectivity index (χ1v) is 8.67. The molecule has 1 fully saturated rings. The molecular weight excluding hydrogens is 328 g/mol. The predicted octanol–water partition coefficient (Wildman–Crippen LogP) is 0.136. The number of carbonyl (C=O) groups is 1. The molecule has 0 aliphatic carbocycles. The Morgan fingerprint density at radius 3 is 2.59 bits per heavy atom. The summed E-state index contributed by atoms with van der Waals surface area (Å²) in [5.41, 5.74) is 0.776. The second kappa shape index (κ2) is 6.97. The highest BCUT2D eigenvalue weighted by atomic mass is 35.5. The van der Waals surface area contributed by atoms with Crippen LogP contribution in [0.4, 0.5) is 0 Å². The first kappa shape index (κ1) is 18.9. The number of sulfone groups is 1. The van der Waals surface area contributed by atoms with E-state index >= 15 is 0 Å². The van der Waals surface area contributed by atoms with Crippen molar-refractivity contribution in [1.29, 1.82) is 0 Å². The molecule has 1 aliphatic rings. The van der Waals surface area contributed by atoms with Crippen LogP contribution in [0, 0.1) is 0 Å². The Kier molecular flexibility index (Phi) is 6.00. The third-order valence-electron chi connectivity index (χ3n) is 4.23. The molecule has 126 valence electrons. The second-order valence-corrected chi connectivity index (χ2v) is 7.99. The van der Waals surface area contributed by atoms with Crippen LogP contribution in [0.3, 0.4) is 0 Å². The van der Waals surface area contributed by atoms with Crippen molar-refractivity contribution in [2.45, 2.75) is 31.2 Å². The third-order valence-corrected chi connectivity index (χ3v) is 6.51. The van der Waals surface area contributed by atoms with E-state index in [-0.39, 0.29) is 36.7 Å². The number of amides is 1. The molecule has 2 heterocycles. The quantitative estimate of drug-likeness (QED) is 0.838. The third kappa shape index (κ3) is 3.44. The fourth-order valence-electron chi connectivity index (χ4n) is 2.67. The molecule has 9 heteroatoms. The van der Waals surface area contributed by atoms with Gasteiger partial charge in [0, 0.05) is 31.4 Å². The van der Waals surface area contributed by atoms with Gasteiger partial charge in [-0.2, -0.15) is 5.10 Å². The van der Waals surface area contributed by atoms with Crippen molar-refractivity contribution in [3.05, 3.63) is 18.0 Å². The summed E-state index contributed by atoms with van der Waals surface area (Å²) in [5.74, 6) is -0.0898. The maximum Gasteiger partial charge on any atom is 0.244 e. The van der Waals surface area contributed by atoms with Crippen LogP contribution in [0.15, 0.2) is 12.4 Å². The number of aryl methyl sites for hydroxylation is 1. The summed E-state index contributed by atoms with van der Waals surface area (Å²) in [7, 11) is 0.402. The lowest BCUT2D eigenvalue weighted by Gasteiger charge is -2.39. The highest BCUT2D eigenvalue weighted by Crippen LogP contribution is 2.23. The van der Waals surface area contributed by atoms with Gasteiger partial charge >= 0.3 is 0 Å². The molecule has 1 amide bonds. The number of halogens is 1. The van der Waals surface area contributed by atoms with E-state index in [0.29, 0.717) is 0 Å². The van der Waals surface area contributed by atoms with Gasteiger partial charge in [0.1, 0.15) is 6.04 Å². The number of nitrogens with one attached hydrogen (secondary N) is 1. The van der Waals surface area contributed by atoms with Crippen LogP contribution in [0.2, 0.25) is 0 Å². The van der Waals surface area contributed by atoms with E-state index in [9.17, 15) is 13.2 Å². The number of rotatable bonds is 3. The molecule has 0 aromatic carbocycles. The van der Waals surface area contributed by atoms with Crippen molar-refractivity contribution in [3.8, 4) is 0 Å². The second-order valence-electron chi connectivity index (χ2n) is 5.51. The molecule has 2 rings (SSSR count). The van der Waals surface area contributed by atoms with Crippen LogP contribution >= 0.6 is 12.4 Å². The lowest BCUT2D eigenvalue weighted by atomic mass is 10.1. The highest BCUT2D eigenvalue weighted by molar-refractivity contribution is 7.92. The molecule has 1 aliphatic heterocycles. The van der Waals surface area contributed by atoms with Gasteiger partial charge in [-0.15, -0.1) is 12.4 Å². The number of likely N-dealkylation sites (N-methyl/N-ethyl adjacent to an activating group) is 1. The molecule has 3 atom stereocenters. The topological polar surface area (TPSA) is 84.3 Å². The Labute approximate surface area is 137 Å². The van der Waals surface area contributed by atoms with Crippen LogP contribution < -0.4 is 5.32 Å². The fourth-order valence-corrected chi connectivity index (χ4v) is 4.24. The summed E-state index contributed by atoms with van der Waals surface area (Å²) >= 11 is 0. The number of nitrogens with zero attached hydrogens (tertiary/aromatic N) is 3. The zero-order chi connectivity index (χ0) is 15.8. The van der Waals surface area contributed by atoms with Crippen molar-refractivity contribution in [2.75, 3.05) is 19.3 Å². The summed E-state index contributed by atoms with van der Waals surface area (Å²) in [6.07, 6.45) is 3.43. The molecule has 0 saturated carbocycles. The van der Waals surface area contributed by atoms with E-state index in [1.165, 1.54) is 0 Å². The minimum absolute atomic E-state index is 0. The van der Waals surface area contributed by atoms with E-state index in [2.05, 4.69) is 10.4 Å². The van der Waals surface area contributed by atoms with Gasteiger partial charge in [0.05, 0.1) is 17.2 Å². The van der Waals surface area contributed by atoms with Gasteiger partial charge in [-0.1, -0.05) is 0 Å². The molecule has 1 aromatic rings. The molecule has 22 heavy (non-hydrogen) atoms. The zero-order valence-electron chi connectivity index (χ0n) is 13.2. The molecule has 1 saturated heterocycles. The Morgan fingerprint density at radius 1 is 1.45 bits per heavy atom. The Balaban J connectivity index is 0.00000242. The maximum atomic E-state index is 12.7. The molecule has 1 aromatic heterocycles. The van der Waals surface area contributed by atoms with E-state index < -0.39 is 21.1 Å². The van der Waals surface area contributed by atoms with Gasteiger partial charge < -0.3 is 10.2 Å². The van der Waals surface area contributed by atoms with Crippen LogP contribution in [-0.4, -0.2) is 59.6 Å². The standard InChI is InChI=1S/C13H22N4O3S.ClH/c1-9-10(2)21(19,20)6-5-17(9)13(18)12(14-3)11-7-15-16(4)8-11;/h7-10,12,14H,5-6H2,1-4H3;1H. The number of hydrogen-bond acceptors (Lipinski definition) is 5. The summed E-state index contributed by atoms with van der Waals surface area (Å²) in [4.78, 5) is 14.4. The lowest BCUT2D eigenvalue weighted by molar-refractivity contribution is -0.135. The van der Waals surface area contributed by atoms with Gasteiger partial charge in [0.2, 0.25) is 5.91 Å². The zero-order valence-corrected chi connectivity index (χ0v) is 14.8. The van der Waals surface area contributed by atoms with Gasteiger partial charge in [-0.3, -0.25) is 9.48 Å². The minimum atomic E-state index is -3.10. The Hall–Kier alpha value is -1.12. The van der Waals surface area contributed by atoms with Crippen LogP contribution in [0.5, 0.6) is 0 Å². The van der Waals surface area contributed by atoms with Crippen molar-refractivity contribution >= 4 is 28.2 Å². The van der Waals surface area contributed by atoms with E-state index in [0.717, 1.165) is 5.56 Å². The highest BCUT2D eigenvalue weighted by Gasteiger charge is 2.40. The molecule has 7 nitrogen and oxygen atoms in total. The normalized spacial score (nSPS) is 25.4. The number of carbonyl (C=O) groups excluding carboxylic acids is 1. The lowest BCUT2D eigenvalue weighted by Crippen LogP contribution is -2.56. The molecule has 0 bridgehead atoms. The Morgan fingerprint density at radius 2 is 2.09 bits per heavy atom. The van der Waals surface area contributed by atoms with E-state index in [4.69, 9.17) is 0 Å². The molecule has 1 N–H and O–H groups in total. The van der Waals surface area contributed by atoms with Crippen molar-refractivity contribution in [1.82, 2.24) is 20.0 Å². The number of hydrogen-bond donors (Lipinski definition) is 1. The van der Waals surface area contributed by atoms with Gasteiger partial charge in [0.15, 0.2) is 9.84 Å². The molecule has 0 radical (unpaired) electrons. The summed E-state index contributed by atoms with van der Waals surface area (Å²) < 4.78 is 25.5. The molecule has 3 unspecified atom stereocenters. The average molecular weight is 351 g/mol. The van der Waals surface area contributed by atoms with Gasteiger partial charge in [-0.25, -0.2) is 8.42 Å². The predicted molar refractivity (Wildman–Crippen MR) is 86.7 cm³/mol. The van der Waals surface area contributed by atoms with Crippen molar-refractivity contribution in [3.63, 3.8) is 0 Å². The monoisotopic (exact) mass is 350 g/mol. The van der Waals surface area contributed by atoms with Crippen molar-refractivity contribution in [2.24, 2.45) is 7.05 Å². The van der Waals surface area contributed by atoms with Crippen LogP contribution in [0.1, 0.15) is 25.5 Å². The summed E-state index contributed by atoms with van der Waals surface area (Å²) in [6, 6.07) is -0.835. The average Bonchev–Trinajstić information content (AvgIpc) is 2.83. The van der Waals surface area contributed by atoms with Gasteiger partial charge in [0.25, 0.3) is 0 Å². The van der Waals surface area contributed by atoms with E-state index in [1.807, 2.05) is 0 Å². The largest absolute Gasteiger partial charge is 0.336 e. The fraction of sp³-hybridized carbons (Fsp3) is 0.692. The number of aromatic nitrogens is 2. The van der Waals surface area contributed by atoms with Crippen molar-refractivity contribution < 1.29 is 13.2 Å². The summed E-state index contributed by atoms with van der Waals surface area (Å²) in [6.45, 7) is 3.69. The minimum Gasteiger partial charge on any atom is -0.336 e. The first-order chi connectivity index (χ1) is 9.77. The van der Waals surface area contributed by atoms with Gasteiger partial charge in [-0.05, 0) is 20.9 Å². The SMILES string of the molecule is CNC(C(=O)N1CCS(=O)(=O)C(C)C1C)c1cnn(C)c1.Cl. The smallest absolute Gasteiger partial charge is 0.244 e. The molecular formula is C13H23ClN4O3S. The summed E-state index contributed by atoms with van der Waals surface area (Å²) in [5, 5.41) is 6.53. The molecule has 0 spiro atoms. The van der Waals surface area contributed by atoms with Crippen LogP contribution in [-0.2, 0) is 21.7 Å². The maximum absolute atomic E-state index is 12.7. The Bertz CT molecular complexity index is 631. The van der Waals surface area contributed by atoms with E-state index in [1.54, 1.807) is 49.9 Å².